The summed E-state index contributed by atoms with van der Waals surface area (Å²) in [6, 6.07) is 7.20. The fourth-order valence-electron chi connectivity index (χ4n) is 1.81. The van der Waals surface area contributed by atoms with Crippen molar-refractivity contribution < 1.29 is 5.11 Å². The van der Waals surface area contributed by atoms with Gasteiger partial charge in [-0.3, -0.25) is 0 Å². The molecule has 1 heterocycles. The van der Waals surface area contributed by atoms with Gasteiger partial charge in [-0.15, -0.1) is 0 Å². The van der Waals surface area contributed by atoms with Gasteiger partial charge in [0.15, 0.2) is 0 Å². The maximum atomic E-state index is 9.37. The Morgan fingerprint density at radius 3 is 3.00 bits per heavy atom. The molecule has 0 spiro atoms. The number of hydrogen-bond donors (Lipinski definition) is 3. The van der Waals surface area contributed by atoms with Crippen molar-refractivity contribution in [1.29, 1.82) is 0 Å². The van der Waals surface area contributed by atoms with E-state index in [0.29, 0.717) is 6.54 Å². The van der Waals surface area contributed by atoms with Gasteiger partial charge < -0.3 is 16.2 Å². The van der Waals surface area contributed by atoms with E-state index in [9.17, 15) is 5.11 Å². The standard InChI is InChI=1S/C11H16N2OS/c12-7-11(4-5-15-8-11)13-9-2-1-3-10(14)6-9/h1-3,6,13-14H,4-5,7-8,12H2. The van der Waals surface area contributed by atoms with Crippen LogP contribution >= 0.6 is 11.8 Å². The van der Waals surface area contributed by atoms with E-state index in [1.807, 2.05) is 23.9 Å². The van der Waals surface area contributed by atoms with Crippen molar-refractivity contribution in [3.8, 4) is 5.75 Å². The van der Waals surface area contributed by atoms with E-state index in [0.717, 1.165) is 23.6 Å². The van der Waals surface area contributed by atoms with Crippen molar-refractivity contribution in [2.24, 2.45) is 5.73 Å². The summed E-state index contributed by atoms with van der Waals surface area (Å²) in [6.45, 7) is 0.635. The Labute approximate surface area is 94.1 Å². The van der Waals surface area contributed by atoms with Gasteiger partial charge in [0.1, 0.15) is 5.75 Å². The molecule has 0 amide bonds. The highest BCUT2D eigenvalue weighted by molar-refractivity contribution is 7.99. The summed E-state index contributed by atoms with van der Waals surface area (Å²) in [7, 11) is 0. The Hall–Kier alpha value is -0.870. The average Bonchev–Trinajstić information content (AvgIpc) is 2.67. The largest absolute Gasteiger partial charge is 0.508 e. The third-order valence-corrected chi connectivity index (χ3v) is 4.00. The van der Waals surface area contributed by atoms with E-state index in [1.54, 1.807) is 12.1 Å². The van der Waals surface area contributed by atoms with Crippen molar-refractivity contribution in [3.05, 3.63) is 24.3 Å². The first-order valence-corrected chi connectivity index (χ1v) is 6.25. The monoisotopic (exact) mass is 224 g/mol. The zero-order valence-electron chi connectivity index (χ0n) is 8.57. The molecule has 82 valence electrons. The van der Waals surface area contributed by atoms with Crippen LogP contribution in [-0.4, -0.2) is 28.7 Å². The van der Waals surface area contributed by atoms with E-state index in [1.165, 1.54) is 0 Å². The summed E-state index contributed by atoms with van der Waals surface area (Å²) >= 11 is 1.92. The van der Waals surface area contributed by atoms with Gasteiger partial charge in [-0.2, -0.15) is 11.8 Å². The average molecular weight is 224 g/mol. The maximum Gasteiger partial charge on any atom is 0.117 e. The van der Waals surface area contributed by atoms with Crippen molar-refractivity contribution in [1.82, 2.24) is 0 Å². The van der Waals surface area contributed by atoms with Gasteiger partial charge in [0.2, 0.25) is 0 Å². The zero-order valence-corrected chi connectivity index (χ0v) is 9.39. The van der Waals surface area contributed by atoms with E-state index in [4.69, 9.17) is 5.73 Å². The molecule has 1 atom stereocenters. The first-order chi connectivity index (χ1) is 7.24. The van der Waals surface area contributed by atoms with Crippen LogP contribution in [0.1, 0.15) is 6.42 Å². The number of phenols is 1. The van der Waals surface area contributed by atoms with Gasteiger partial charge in [0.05, 0.1) is 5.54 Å². The Morgan fingerprint density at radius 1 is 1.53 bits per heavy atom. The second-order valence-corrected chi connectivity index (χ2v) is 5.07. The topological polar surface area (TPSA) is 58.3 Å². The van der Waals surface area contributed by atoms with Gasteiger partial charge in [-0.1, -0.05) is 6.07 Å². The minimum atomic E-state index is 0.0124. The number of phenolic OH excluding ortho intramolecular Hbond substituents is 1. The predicted octanol–water partition coefficient (Wildman–Crippen LogP) is 1.64. The Kier molecular flexibility index (Phi) is 3.07. The number of nitrogens with one attached hydrogen (secondary N) is 1. The van der Waals surface area contributed by atoms with E-state index >= 15 is 0 Å². The lowest BCUT2D eigenvalue weighted by Crippen LogP contribution is -2.45. The van der Waals surface area contributed by atoms with Crippen molar-refractivity contribution >= 4 is 17.4 Å². The van der Waals surface area contributed by atoms with E-state index < -0.39 is 0 Å². The molecule has 1 fully saturated rings. The lowest BCUT2D eigenvalue weighted by atomic mass is 9.99. The molecule has 0 aliphatic carbocycles. The third kappa shape index (κ3) is 2.38. The highest BCUT2D eigenvalue weighted by Crippen LogP contribution is 2.31. The normalized spacial score (nSPS) is 25.4. The predicted molar refractivity (Wildman–Crippen MR) is 65.5 cm³/mol. The molecule has 1 saturated heterocycles. The number of thioether (sulfide) groups is 1. The van der Waals surface area contributed by atoms with Gasteiger partial charge >= 0.3 is 0 Å². The summed E-state index contributed by atoms with van der Waals surface area (Å²) in [6.07, 6.45) is 1.09. The van der Waals surface area contributed by atoms with Crippen LogP contribution in [-0.2, 0) is 0 Å². The number of hydrogen-bond acceptors (Lipinski definition) is 4. The molecule has 2 rings (SSSR count). The molecule has 1 aromatic carbocycles. The summed E-state index contributed by atoms with van der Waals surface area (Å²) in [5.41, 5.74) is 6.78. The molecule has 1 aliphatic heterocycles. The summed E-state index contributed by atoms with van der Waals surface area (Å²) < 4.78 is 0. The van der Waals surface area contributed by atoms with Gasteiger partial charge in [-0.25, -0.2) is 0 Å². The molecule has 4 heteroatoms. The minimum absolute atomic E-state index is 0.0124. The van der Waals surface area contributed by atoms with Crippen LogP contribution in [0.3, 0.4) is 0 Å². The lowest BCUT2D eigenvalue weighted by Gasteiger charge is -2.29. The highest BCUT2D eigenvalue weighted by Gasteiger charge is 2.32. The van der Waals surface area contributed by atoms with Gasteiger partial charge in [0.25, 0.3) is 0 Å². The maximum absolute atomic E-state index is 9.37. The molecular weight excluding hydrogens is 208 g/mol. The molecule has 1 aromatic rings. The molecule has 0 bridgehead atoms. The van der Waals surface area contributed by atoms with Gasteiger partial charge in [-0.05, 0) is 24.3 Å². The minimum Gasteiger partial charge on any atom is -0.508 e. The lowest BCUT2D eigenvalue weighted by molar-refractivity contribution is 0.475. The van der Waals surface area contributed by atoms with Crippen molar-refractivity contribution in [3.63, 3.8) is 0 Å². The van der Waals surface area contributed by atoms with Crippen LogP contribution < -0.4 is 11.1 Å². The molecule has 0 saturated carbocycles. The molecule has 3 nitrogen and oxygen atoms in total. The Bertz CT molecular complexity index is 337. The smallest absolute Gasteiger partial charge is 0.117 e. The van der Waals surface area contributed by atoms with Crippen LogP contribution in [0.25, 0.3) is 0 Å². The van der Waals surface area contributed by atoms with Crippen molar-refractivity contribution in [2.45, 2.75) is 12.0 Å². The first kappa shape index (κ1) is 10.6. The van der Waals surface area contributed by atoms with Crippen LogP contribution in [0, 0.1) is 0 Å². The fraction of sp³-hybridized carbons (Fsp3) is 0.455. The van der Waals surface area contributed by atoms with Gasteiger partial charge in [0, 0.05) is 24.1 Å². The quantitative estimate of drug-likeness (QED) is 0.730. The second kappa shape index (κ2) is 4.33. The molecule has 0 aromatic heterocycles. The Morgan fingerprint density at radius 2 is 2.40 bits per heavy atom. The molecule has 15 heavy (non-hydrogen) atoms. The summed E-state index contributed by atoms with van der Waals surface area (Å²) in [4.78, 5) is 0. The molecule has 4 N–H and O–H groups in total. The summed E-state index contributed by atoms with van der Waals surface area (Å²) in [5.74, 6) is 2.49. The van der Waals surface area contributed by atoms with Crippen molar-refractivity contribution in [2.75, 3.05) is 23.4 Å². The first-order valence-electron chi connectivity index (χ1n) is 5.09. The van der Waals surface area contributed by atoms with Crippen LogP contribution in [0.4, 0.5) is 5.69 Å². The molecule has 1 aliphatic rings. The second-order valence-electron chi connectivity index (χ2n) is 3.96. The third-order valence-electron chi connectivity index (χ3n) is 2.75. The fourth-order valence-corrected chi connectivity index (χ4v) is 3.21. The highest BCUT2D eigenvalue weighted by atomic mass is 32.2. The number of rotatable bonds is 3. The SMILES string of the molecule is NCC1(Nc2cccc(O)c2)CCSC1. The summed E-state index contributed by atoms with van der Waals surface area (Å²) in [5, 5.41) is 12.8. The van der Waals surface area contributed by atoms with E-state index in [2.05, 4.69) is 5.32 Å². The number of anilines is 1. The Balaban J connectivity index is 2.12. The molecule has 1 unspecified atom stereocenters. The van der Waals surface area contributed by atoms with E-state index in [-0.39, 0.29) is 11.3 Å². The molecular formula is C11H16N2OS. The van der Waals surface area contributed by atoms with Crippen LogP contribution in [0.2, 0.25) is 0 Å². The van der Waals surface area contributed by atoms with Crippen LogP contribution in [0.15, 0.2) is 24.3 Å². The zero-order chi connectivity index (χ0) is 10.7. The number of nitrogens with two attached hydrogens (primary N) is 1. The number of benzene rings is 1. The number of aromatic hydroxyl groups is 1. The molecule has 0 radical (unpaired) electrons. The van der Waals surface area contributed by atoms with Crippen LogP contribution in [0.5, 0.6) is 5.75 Å².